The first kappa shape index (κ1) is 17.1. The zero-order valence-corrected chi connectivity index (χ0v) is 16.3. The van der Waals surface area contributed by atoms with Gasteiger partial charge in [-0.3, -0.25) is 4.79 Å². The maximum atomic E-state index is 13.4. The third-order valence-electron chi connectivity index (χ3n) is 4.26. The SMILES string of the molecule is O=C(c1c[nH]c2ccccc12)[C@@H](Sc1ccc(Br)cc1)c1ccccc1. The van der Waals surface area contributed by atoms with E-state index in [0.717, 1.165) is 31.4 Å². The molecule has 0 unspecified atom stereocenters. The number of ketones is 1. The van der Waals surface area contributed by atoms with Crippen LogP contribution in [0.5, 0.6) is 0 Å². The summed E-state index contributed by atoms with van der Waals surface area (Å²) in [6.45, 7) is 0. The first-order chi connectivity index (χ1) is 12.7. The molecule has 0 spiro atoms. The van der Waals surface area contributed by atoms with E-state index in [2.05, 4.69) is 20.9 Å². The van der Waals surface area contributed by atoms with E-state index in [4.69, 9.17) is 0 Å². The second kappa shape index (κ2) is 7.52. The van der Waals surface area contributed by atoms with E-state index >= 15 is 0 Å². The van der Waals surface area contributed by atoms with Crippen LogP contribution in [0.15, 0.2) is 94.4 Å². The summed E-state index contributed by atoms with van der Waals surface area (Å²) in [5, 5.41) is 0.673. The molecule has 0 fully saturated rings. The molecule has 0 aliphatic rings. The Morgan fingerprint density at radius 3 is 2.35 bits per heavy atom. The van der Waals surface area contributed by atoms with E-state index < -0.39 is 0 Å². The number of hydrogen-bond acceptors (Lipinski definition) is 2. The van der Waals surface area contributed by atoms with Crippen molar-refractivity contribution in [3.63, 3.8) is 0 Å². The number of aromatic nitrogens is 1. The molecule has 4 heteroatoms. The van der Waals surface area contributed by atoms with Crippen molar-refractivity contribution >= 4 is 44.4 Å². The molecule has 1 heterocycles. The lowest BCUT2D eigenvalue weighted by atomic mass is 10.0. The summed E-state index contributed by atoms with van der Waals surface area (Å²) in [4.78, 5) is 17.7. The molecule has 128 valence electrons. The van der Waals surface area contributed by atoms with Crippen molar-refractivity contribution in [1.82, 2.24) is 4.98 Å². The monoisotopic (exact) mass is 421 g/mol. The Morgan fingerprint density at radius 2 is 1.58 bits per heavy atom. The minimum Gasteiger partial charge on any atom is -0.360 e. The van der Waals surface area contributed by atoms with Crippen molar-refractivity contribution < 1.29 is 4.79 Å². The number of Topliss-reactive ketones (excluding diaryl/α,β-unsaturated/α-hetero) is 1. The fourth-order valence-corrected chi connectivity index (χ4v) is 4.32. The largest absolute Gasteiger partial charge is 0.360 e. The summed E-state index contributed by atoms with van der Waals surface area (Å²) in [5.41, 5.74) is 2.73. The van der Waals surface area contributed by atoms with E-state index in [-0.39, 0.29) is 11.0 Å². The average Bonchev–Trinajstić information content (AvgIpc) is 3.12. The maximum Gasteiger partial charge on any atom is 0.182 e. The minimum absolute atomic E-state index is 0.113. The summed E-state index contributed by atoms with van der Waals surface area (Å²) in [6.07, 6.45) is 1.82. The lowest BCUT2D eigenvalue weighted by Crippen LogP contribution is -2.09. The van der Waals surface area contributed by atoms with Crippen LogP contribution in [0.4, 0.5) is 0 Å². The van der Waals surface area contributed by atoms with Crippen LogP contribution in [-0.4, -0.2) is 10.8 Å². The quantitative estimate of drug-likeness (QED) is 0.289. The zero-order chi connectivity index (χ0) is 17.9. The Hall–Kier alpha value is -2.30. The molecule has 26 heavy (non-hydrogen) atoms. The van der Waals surface area contributed by atoms with Crippen molar-refractivity contribution in [2.75, 3.05) is 0 Å². The third-order valence-corrected chi connectivity index (χ3v) is 6.06. The second-order valence-electron chi connectivity index (χ2n) is 5.97. The summed E-state index contributed by atoms with van der Waals surface area (Å²) in [7, 11) is 0. The molecule has 0 aliphatic carbocycles. The van der Waals surface area contributed by atoms with Crippen LogP contribution >= 0.6 is 27.7 Å². The number of benzene rings is 3. The molecule has 0 aliphatic heterocycles. The Balaban J connectivity index is 1.74. The zero-order valence-electron chi connectivity index (χ0n) is 13.9. The standard InChI is InChI=1S/C22H16BrNOS/c23-16-10-12-17(13-11-16)26-22(15-6-2-1-3-7-15)21(25)19-14-24-20-9-5-4-8-18(19)20/h1-14,22,24H/t22-/m0/s1. The summed E-state index contributed by atoms with van der Waals surface area (Å²) >= 11 is 5.04. The highest BCUT2D eigenvalue weighted by Gasteiger charge is 2.25. The van der Waals surface area contributed by atoms with Crippen molar-refractivity contribution in [1.29, 1.82) is 0 Å². The van der Waals surface area contributed by atoms with Crippen LogP contribution < -0.4 is 0 Å². The van der Waals surface area contributed by atoms with Gasteiger partial charge in [-0.15, -0.1) is 11.8 Å². The summed E-state index contributed by atoms with van der Waals surface area (Å²) in [5.74, 6) is 0.113. The number of hydrogen-bond donors (Lipinski definition) is 1. The summed E-state index contributed by atoms with van der Waals surface area (Å²) < 4.78 is 1.03. The Labute approximate surface area is 164 Å². The number of H-pyrrole nitrogens is 1. The first-order valence-electron chi connectivity index (χ1n) is 8.30. The number of rotatable bonds is 5. The van der Waals surface area contributed by atoms with Gasteiger partial charge in [0.1, 0.15) is 0 Å². The molecule has 3 aromatic carbocycles. The molecule has 0 saturated heterocycles. The van der Waals surface area contributed by atoms with Gasteiger partial charge >= 0.3 is 0 Å². The highest BCUT2D eigenvalue weighted by atomic mass is 79.9. The van der Waals surface area contributed by atoms with E-state index in [9.17, 15) is 4.79 Å². The number of halogens is 1. The molecule has 0 amide bonds. The Morgan fingerprint density at radius 1 is 0.885 bits per heavy atom. The number of carbonyl (C=O) groups excluding carboxylic acids is 1. The van der Waals surface area contributed by atoms with Gasteiger partial charge < -0.3 is 4.98 Å². The van der Waals surface area contributed by atoms with Crippen molar-refractivity contribution in [3.8, 4) is 0 Å². The van der Waals surface area contributed by atoms with Gasteiger partial charge in [-0.05, 0) is 35.9 Å². The van der Waals surface area contributed by atoms with Gasteiger partial charge in [0.15, 0.2) is 5.78 Å². The molecular formula is C22H16BrNOS. The summed E-state index contributed by atoms with van der Waals surface area (Å²) in [6, 6.07) is 26.0. The maximum absolute atomic E-state index is 13.4. The average molecular weight is 422 g/mol. The van der Waals surface area contributed by atoms with Crippen LogP contribution in [0.25, 0.3) is 10.9 Å². The predicted molar refractivity (Wildman–Crippen MR) is 112 cm³/mol. The fraction of sp³-hybridized carbons (Fsp3) is 0.0455. The second-order valence-corrected chi connectivity index (χ2v) is 8.07. The van der Waals surface area contributed by atoms with Crippen LogP contribution in [0.3, 0.4) is 0 Å². The molecule has 4 aromatic rings. The smallest absolute Gasteiger partial charge is 0.182 e. The van der Waals surface area contributed by atoms with E-state index in [1.165, 1.54) is 0 Å². The predicted octanol–water partition coefficient (Wildman–Crippen LogP) is 6.65. The number of para-hydroxylation sites is 1. The molecule has 4 rings (SSSR count). The van der Waals surface area contributed by atoms with Crippen LogP contribution in [0, 0.1) is 0 Å². The molecular weight excluding hydrogens is 406 g/mol. The molecule has 0 bridgehead atoms. The van der Waals surface area contributed by atoms with E-state index in [0.29, 0.717) is 0 Å². The van der Waals surface area contributed by atoms with Gasteiger partial charge in [0.25, 0.3) is 0 Å². The Bertz CT molecular complexity index is 1040. The van der Waals surface area contributed by atoms with Gasteiger partial charge in [-0.1, -0.05) is 64.5 Å². The van der Waals surface area contributed by atoms with Gasteiger partial charge in [0.2, 0.25) is 0 Å². The highest BCUT2D eigenvalue weighted by molar-refractivity contribution is 9.10. The number of carbonyl (C=O) groups is 1. The number of nitrogens with one attached hydrogen (secondary N) is 1. The van der Waals surface area contributed by atoms with Gasteiger partial charge in [-0.2, -0.15) is 0 Å². The highest BCUT2D eigenvalue weighted by Crippen LogP contribution is 2.39. The van der Waals surface area contributed by atoms with Crippen molar-refractivity contribution in [3.05, 3.63) is 101 Å². The van der Waals surface area contributed by atoms with Crippen LogP contribution in [0.2, 0.25) is 0 Å². The molecule has 2 nitrogen and oxygen atoms in total. The van der Waals surface area contributed by atoms with Gasteiger partial charge in [0, 0.05) is 32.0 Å². The van der Waals surface area contributed by atoms with Crippen LogP contribution in [-0.2, 0) is 0 Å². The van der Waals surface area contributed by atoms with Crippen molar-refractivity contribution in [2.24, 2.45) is 0 Å². The first-order valence-corrected chi connectivity index (χ1v) is 9.97. The van der Waals surface area contributed by atoms with Gasteiger partial charge in [-0.25, -0.2) is 0 Å². The third kappa shape index (κ3) is 3.48. The van der Waals surface area contributed by atoms with Crippen LogP contribution in [0.1, 0.15) is 21.2 Å². The number of fused-ring (bicyclic) bond motifs is 1. The molecule has 1 atom stereocenters. The molecule has 1 aromatic heterocycles. The topological polar surface area (TPSA) is 32.9 Å². The molecule has 0 saturated carbocycles. The normalized spacial score (nSPS) is 12.2. The Kier molecular flexibility index (Phi) is 4.96. The lowest BCUT2D eigenvalue weighted by Gasteiger charge is -2.16. The number of thioether (sulfide) groups is 1. The molecule has 1 N–H and O–H groups in total. The lowest BCUT2D eigenvalue weighted by molar-refractivity contribution is 0.0991. The van der Waals surface area contributed by atoms with E-state index in [1.54, 1.807) is 11.8 Å². The molecule has 0 radical (unpaired) electrons. The van der Waals surface area contributed by atoms with Gasteiger partial charge in [0.05, 0.1) is 5.25 Å². The number of aromatic amines is 1. The fourth-order valence-electron chi connectivity index (χ4n) is 2.97. The minimum atomic E-state index is -0.295. The van der Waals surface area contributed by atoms with Crippen molar-refractivity contribution in [2.45, 2.75) is 10.1 Å². The van der Waals surface area contributed by atoms with E-state index in [1.807, 2.05) is 85.1 Å².